The van der Waals surface area contributed by atoms with Gasteiger partial charge in [0.1, 0.15) is 11.4 Å². The van der Waals surface area contributed by atoms with E-state index in [1.54, 1.807) is 18.4 Å². The number of rotatable bonds is 9. The molecule has 1 atom stereocenters. The molecule has 0 bridgehead atoms. The molecule has 0 amide bonds. The van der Waals surface area contributed by atoms with Crippen LogP contribution in [0.2, 0.25) is 0 Å². The molecule has 1 aromatic heterocycles. The summed E-state index contributed by atoms with van der Waals surface area (Å²) < 4.78 is 5.24. The second-order valence-electron chi connectivity index (χ2n) is 8.39. The Morgan fingerprint density at radius 1 is 1.23 bits per heavy atom. The van der Waals surface area contributed by atoms with Gasteiger partial charge in [0.05, 0.1) is 13.7 Å². The Morgan fingerprint density at radius 3 is 2.58 bits per heavy atom. The van der Waals surface area contributed by atoms with Gasteiger partial charge in [-0.2, -0.15) is 0 Å². The smallest absolute Gasteiger partial charge is 0.191 e. The summed E-state index contributed by atoms with van der Waals surface area (Å²) in [5.74, 6) is 2.32. The summed E-state index contributed by atoms with van der Waals surface area (Å²) in [6, 6.07) is 12.3. The Bertz CT molecular complexity index is 797. The number of piperidine rings is 1. The van der Waals surface area contributed by atoms with Crippen LogP contribution in [-0.4, -0.2) is 55.8 Å². The zero-order valence-electron chi connectivity index (χ0n) is 18.9. The van der Waals surface area contributed by atoms with E-state index < -0.39 is 5.60 Å². The normalized spacial score (nSPS) is 17.9. The number of hydrogen-bond donors (Lipinski definition) is 3. The number of thiophene rings is 1. The van der Waals surface area contributed by atoms with Crippen molar-refractivity contribution in [3.05, 3.63) is 52.2 Å². The quantitative estimate of drug-likeness (QED) is 0.408. The largest absolute Gasteiger partial charge is 0.497 e. The minimum atomic E-state index is -0.941. The van der Waals surface area contributed by atoms with Crippen molar-refractivity contribution in [3.63, 3.8) is 0 Å². The number of hydrogen-bond acceptors (Lipinski definition) is 5. The van der Waals surface area contributed by atoms with Crippen LogP contribution in [0.25, 0.3) is 0 Å². The number of ether oxygens (including phenoxy) is 1. The van der Waals surface area contributed by atoms with Gasteiger partial charge < -0.3 is 20.5 Å². The van der Waals surface area contributed by atoms with Crippen LogP contribution < -0.4 is 15.4 Å². The monoisotopic (exact) mass is 444 g/mol. The Morgan fingerprint density at radius 2 is 1.97 bits per heavy atom. The summed E-state index contributed by atoms with van der Waals surface area (Å²) in [5, 5.41) is 19.5. The van der Waals surface area contributed by atoms with E-state index in [0.717, 1.165) is 49.3 Å². The third kappa shape index (κ3) is 7.23. The predicted molar refractivity (Wildman–Crippen MR) is 129 cm³/mol. The number of aliphatic imine (C=N–C) groups is 1. The molecular formula is C24H36N4O2S. The minimum absolute atomic E-state index is 0.336. The first kappa shape index (κ1) is 23.6. The van der Waals surface area contributed by atoms with Crippen molar-refractivity contribution in [3.8, 4) is 5.75 Å². The molecule has 3 N–H and O–H groups in total. The van der Waals surface area contributed by atoms with Gasteiger partial charge >= 0.3 is 0 Å². The average molecular weight is 445 g/mol. The van der Waals surface area contributed by atoms with Crippen LogP contribution in [-0.2, 0) is 12.1 Å². The lowest BCUT2D eigenvalue weighted by molar-refractivity contribution is 0.0711. The number of nitrogens with one attached hydrogen (secondary N) is 2. The van der Waals surface area contributed by atoms with E-state index >= 15 is 0 Å². The fourth-order valence-electron chi connectivity index (χ4n) is 3.82. The Hall–Kier alpha value is -2.09. The van der Waals surface area contributed by atoms with Crippen molar-refractivity contribution >= 4 is 17.3 Å². The van der Waals surface area contributed by atoms with E-state index in [-0.39, 0.29) is 0 Å². The fraction of sp³-hybridized carbons (Fsp3) is 0.542. The number of nitrogens with zero attached hydrogens (tertiary/aromatic N) is 2. The summed E-state index contributed by atoms with van der Waals surface area (Å²) in [6.45, 7) is 9.14. The molecule has 0 aliphatic carbocycles. The summed E-state index contributed by atoms with van der Waals surface area (Å²) in [4.78, 5) is 8.11. The molecule has 6 nitrogen and oxygen atoms in total. The molecule has 1 fully saturated rings. The number of benzene rings is 1. The third-order valence-electron chi connectivity index (χ3n) is 5.77. The molecule has 1 aliphatic rings. The molecule has 170 valence electrons. The summed E-state index contributed by atoms with van der Waals surface area (Å²) in [7, 11) is 1.70. The van der Waals surface area contributed by atoms with Gasteiger partial charge in [-0.05, 0) is 74.8 Å². The van der Waals surface area contributed by atoms with Crippen molar-refractivity contribution in [2.75, 3.05) is 39.8 Å². The number of aliphatic hydroxyl groups is 1. The van der Waals surface area contributed by atoms with Crippen LogP contribution >= 0.6 is 11.3 Å². The first-order chi connectivity index (χ1) is 15.0. The molecule has 1 saturated heterocycles. The Balaban J connectivity index is 1.44. The molecule has 1 unspecified atom stereocenters. The van der Waals surface area contributed by atoms with Gasteiger partial charge in [0.15, 0.2) is 5.96 Å². The van der Waals surface area contributed by atoms with E-state index in [1.165, 1.54) is 18.4 Å². The van der Waals surface area contributed by atoms with Crippen molar-refractivity contribution in [1.29, 1.82) is 0 Å². The van der Waals surface area contributed by atoms with Gasteiger partial charge in [-0.3, -0.25) is 4.90 Å². The van der Waals surface area contributed by atoms with Gasteiger partial charge in [0.2, 0.25) is 0 Å². The van der Waals surface area contributed by atoms with Crippen LogP contribution in [0.1, 0.15) is 37.1 Å². The maximum atomic E-state index is 10.7. The lowest BCUT2D eigenvalue weighted by Crippen LogP contribution is -2.43. The molecular weight excluding hydrogens is 408 g/mol. The highest BCUT2D eigenvalue weighted by atomic mass is 32.1. The molecule has 0 spiro atoms. The van der Waals surface area contributed by atoms with Gasteiger partial charge in [0, 0.05) is 24.5 Å². The van der Waals surface area contributed by atoms with Crippen LogP contribution in [0.5, 0.6) is 5.75 Å². The van der Waals surface area contributed by atoms with Crippen molar-refractivity contribution in [2.24, 2.45) is 10.9 Å². The predicted octanol–water partition coefficient (Wildman–Crippen LogP) is 3.43. The third-order valence-corrected chi connectivity index (χ3v) is 6.89. The minimum Gasteiger partial charge on any atom is -0.497 e. The van der Waals surface area contributed by atoms with E-state index in [2.05, 4.69) is 39.6 Å². The van der Waals surface area contributed by atoms with Gasteiger partial charge in [-0.1, -0.05) is 18.2 Å². The van der Waals surface area contributed by atoms with Crippen molar-refractivity contribution in [1.82, 2.24) is 15.5 Å². The summed E-state index contributed by atoms with van der Waals surface area (Å²) in [6.07, 6.45) is 2.35. The fourth-order valence-corrected chi connectivity index (χ4v) is 4.60. The second kappa shape index (κ2) is 11.5. The SMILES string of the molecule is CCNC(=NCC(C)(O)c1cccs1)NCC1CCN(Cc2ccc(OC)cc2)CC1. The van der Waals surface area contributed by atoms with Crippen molar-refractivity contribution < 1.29 is 9.84 Å². The molecule has 1 aliphatic heterocycles. The summed E-state index contributed by atoms with van der Waals surface area (Å²) >= 11 is 1.56. The first-order valence-corrected chi connectivity index (χ1v) is 12.0. The zero-order valence-corrected chi connectivity index (χ0v) is 19.8. The van der Waals surface area contributed by atoms with Gasteiger partial charge in [0.25, 0.3) is 0 Å². The van der Waals surface area contributed by atoms with Crippen LogP contribution in [0.15, 0.2) is 46.8 Å². The molecule has 31 heavy (non-hydrogen) atoms. The lowest BCUT2D eigenvalue weighted by Gasteiger charge is -2.32. The number of guanidine groups is 1. The lowest BCUT2D eigenvalue weighted by atomic mass is 9.96. The maximum absolute atomic E-state index is 10.7. The highest BCUT2D eigenvalue weighted by Gasteiger charge is 2.24. The Kier molecular flexibility index (Phi) is 8.75. The van der Waals surface area contributed by atoms with E-state index in [1.807, 2.05) is 36.6 Å². The molecule has 0 saturated carbocycles. The van der Waals surface area contributed by atoms with Crippen molar-refractivity contribution in [2.45, 2.75) is 38.8 Å². The zero-order chi connectivity index (χ0) is 22.1. The second-order valence-corrected chi connectivity index (χ2v) is 9.34. The summed E-state index contributed by atoms with van der Waals surface area (Å²) in [5.41, 5.74) is 0.389. The number of likely N-dealkylation sites (tertiary alicyclic amines) is 1. The van der Waals surface area contributed by atoms with E-state index in [4.69, 9.17) is 4.74 Å². The van der Waals surface area contributed by atoms with Crippen LogP contribution in [0.3, 0.4) is 0 Å². The van der Waals surface area contributed by atoms with Crippen LogP contribution in [0, 0.1) is 5.92 Å². The van der Waals surface area contributed by atoms with E-state index in [9.17, 15) is 5.11 Å². The molecule has 7 heteroatoms. The molecule has 0 radical (unpaired) electrons. The highest BCUT2D eigenvalue weighted by molar-refractivity contribution is 7.10. The standard InChI is InChI=1S/C24H36N4O2S/c1-4-25-23(27-18-24(2,29)22-6-5-15-31-22)26-16-19-11-13-28(14-12-19)17-20-7-9-21(30-3)10-8-20/h5-10,15,19,29H,4,11-14,16-18H2,1-3H3,(H2,25,26,27). The van der Waals surface area contributed by atoms with E-state index in [0.29, 0.717) is 12.5 Å². The first-order valence-electron chi connectivity index (χ1n) is 11.1. The Labute approximate surface area is 190 Å². The molecule has 3 rings (SSSR count). The topological polar surface area (TPSA) is 69.1 Å². The molecule has 2 aromatic rings. The average Bonchev–Trinajstić information content (AvgIpc) is 3.33. The van der Waals surface area contributed by atoms with Gasteiger partial charge in [-0.25, -0.2) is 4.99 Å². The molecule has 1 aromatic carbocycles. The maximum Gasteiger partial charge on any atom is 0.191 e. The van der Waals surface area contributed by atoms with Gasteiger partial charge in [-0.15, -0.1) is 11.3 Å². The highest BCUT2D eigenvalue weighted by Crippen LogP contribution is 2.25. The molecule has 2 heterocycles. The number of methoxy groups -OCH3 is 1. The van der Waals surface area contributed by atoms with Crippen LogP contribution in [0.4, 0.5) is 0 Å².